The fraction of sp³-hybridized carbons (Fsp3) is 0.222. The molecule has 14 heavy (non-hydrogen) atoms. The van der Waals surface area contributed by atoms with Crippen molar-refractivity contribution in [3.63, 3.8) is 0 Å². The molecular weight excluding hydrogens is 182 g/mol. The van der Waals surface area contributed by atoms with Crippen molar-refractivity contribution in [2.24, 2.45) is 0 Å². The van der Waals surface area contributed by atoms with Gasteiger partial charge in [0.1, 0.15) is 0 Å². The van der Waals surface area contributed by atoms with Gasteiger partial charge in [-0.2, -0.15) is 5.26 Å². The third kappa shape index (κ3) is 2.20. The predicted molar refractivity (Wildman–Crippen MR) is 51.4 cm³/mol. The number of nitrogens with two attached hydrogens (primary N) is 1. The van der Waals surface area contributed by atoms with Crippen LogP contribution in [0.25, 0.3) is 0 Å². The van der Waals surface area contributed by atoms with E-state index in [1.54, 1.807) is 12.1 Å². The molecule has 0 radical (unpaired) electrons. The second-order valence-electron chi connectivity index (χ2n) is 2.80. The van der Waals surface area contributed by atoms with Crippen molar-refractivity contribution in [2.45, 2.75) is 12.8 Å². The molecule has 5 heteroatoms. The summed E-state index contributed by atoms with van der Waals surface area (Å²) in [4.78, 5) is 10.1. The average Bonchev–Trinajstić information content (AvgIpc) is 2.15. The van der Waals surface area contributed by atoms with Gasteiger partial charge in [-0.15, -0.1) is 0 Å². The van der Waals surface area contributed by atoms with Crippen molar-refractivity contribution in [2.75, 3.05) is 5.73 Å². The quantitative estimate of drug-likeness (QED) is 0.446. The number of nitro groups is 1. The van der Waals surface area contributed by atoms with Crippen LogP contribution in [0.5, 0.6) is 0 Å². The van der Waals surface area contributed by atoms with E-state index in [0.29, 0.717) is 17.7 Å². The van der Waals surface area contributed by atoms with Crippen LogP contribution in [0, 0.1) is 21.4 Å². The number of rotatable bonds is 3. The van der Waals surface area contributed by atoms with Gasteiger partial charge in [0.2, 0.25) is 0 Å². The average molecular weight is 191 g/mol. The maximum atomic E-state index is 10.6. The highest BCUT2D eigenvalue weighted by Gasteiger charge is 2.12. The highest BCUT2D eigenvalue weighted by Crippen LogP contribution is 2.22. The SMILES string of the molecule is N#CCCc1ccc(N)cc1[N+](=O)[O-]. The van der Waals surface area contributed by atoms with E-state index < -0.39 is 4.92 Å². The molecule has 0 atom stereocenters. The molecule has 1 rings (SSSR count). The number of nitriles is 1. The predicted octanol–water partition coefficient (Wildman–Crippen LogP) is 1.63. The van der Waals surface area contributed by atoms with Crippen molar-refractivity contribution >= 4 is 11.4 Å². The molecule has 0 aromatic heterocycles. The van der Waals surface area contributed by atoms with Crippen LogP contribution in [0.2, 0.25) is 0 Å². The topological polar surface area (TPSA) is 93.0 Å². The first kappa shape index (κ1) is 9.99. The minimum absolute atomic E-state index is 0.0137. The number of nitrogens with zero attached hydrogens (tertiary/aromatic N) is 2. The van der Waals surface area contributed by atoms with Gasteiger partial charge in [-0.3, -0.25) is 10.1 Å². The number of nitrogen functional groups attached to an aromatic ring is 1. The Hall–Kier alpha value is -2.09. The van der Waals surface area contributed by atoms with Gasteiger partial charge in [-0.05, 0) is 12.5 Å². The Kier molecular flexibility index (Phi) is 3.02. The number of anilines is 1. The fourth-order valence-electron chi connectivity index (χ4n) is 1.15. The summed E-state index contributed by atoms with van der Waals surface area (Å²) in [5, 5.41) is 19.0. The summed E-state index contributed by atoms with van der Waals surface area (Å²) in [6.07, 6.45) is 0.651. The van der Waals surface area contributed by atoms with E-state index in [-0.39, 0.29) is 12.1 Å². The van der Waals surface area contributed by atoms with Crippen LogP contribution in [0.3, 0.4) is 0 Å². The van der Waals surface area contributed by atoms with Gasteiger partial charge in [0.05, 0.1) is 11.0 Å². The summed E-state index contributed by atoms with van der Waals surface area (Å²) >= 11 is 0. The Balaban J connectivity index is 3.03. The highest BCUT2D eigenvalue weighted by molar-refractivity contribution is 5.52. The Morgan fingerprint density at radius 1 is 1.57 bits per heavy atom. The number of hydrogen-bond acceptors (Lipinski definition) is 4. The van der Waals surface area contributed by atoms with Crippen LogP contribution < -0.4 is 5.73 Å². The van der Waals surface area contributed by atoms with Crippen molar-refractivity contribution in [3.8, 4) is 6.07 Å². The molecule has 72 valence electrons. The molecular formula is C9H9N3O2. The van der Waals surface area contributed by atoms with E-state index in [4.69, 9.17) is 11.0 Å². The minimum atomic E-state index is -0.483. The maximum absolute atomic E-state index is 10.6. The number of hydrogen-bond donors (Lipinski definition) is 1. The van der Waals surface area contributed by atoms with E-state index in [2.05, 4.69) is 0 Å². The molecule has 0 bridgehead atoms. The summed E-state index contributed by atoms with van der Waals surface area (Å²) in [5.41, 5.74) is 6.32. The van der Waals surface area contributed by atoms with Crippen LogP contribution in [0.15, 0.2) is 18.2 Å². The number of aryl methyl sites for hydroxylation is 1. The lowest BCUT2D eigenvalue weighted by atomic mass is 10.1. The van der Waals surface area contributed by atoms with Gasteiger partial charge in [-0.25, -0.2) is 0 Å². The van der Waals surface area contributed by atoms with Crippen LogP contribution in [-0.2, 0) is 6.42 Å². The summed E-state index contributed by atoms with van der Waals surface area (Å²) < 4.78 is 0. The van der Waals surface area contributed by atoms with E-state index in [0.717, 1.165) is 0 Å². The molecule has 1 aromatic carbocycles. The number of benzene rings is 1. The molecule has 0 aliphatic rings. The van der Waals surface area contributed by atoms with Gasteiger partial charge in [0.15, 0.2) is 0 Å². The van der Waals surface area contributed by atoms with Crippen LogP contribution in [-0.4, -0.2) is 4.92 Å². The molecule has 0 aliphatic carbocycles. The third-order valence-corrected chi connectivity index (χ3v) is 1.81. The third-order valence-electron chi connectivity index (χ3n) is 1.81. The summed E-state index contributed by atoms with van der Waals surface area (Å²) in [7, 11) is 0. The van der Waals surface area contributed by atoms with Crippen molar-refractivity contribution < 1.29 is 4.92 Å². The first-order valence-electron chi connectivity index (χ1n) is 4.05. The maximum Gasteiger partial charge on any atom is 0.274 e. The Morgan fingerprint density at radius 3 is 2.86 bits per heavy atom. The largest absolute Gasteiger partial charge is 0.399 e. The zero-order valence-electron chi connectivity index (χ0n) is 7.43. The Labute approximate surface area is 80.9 Å². The summed E-state index contributed by atoms with van der Waals surface area (Å²) in [6.45, 7) is 0. The van der Waals surface area contributed by atoms with E-state index in [1.807, 2.05) is 6.07 Å². The van der Waals surface area contributed by atoms with Gasteiger partial charge >= 0.3 is 0 Å². The van der Waals surface area contributed by atoms with Gasteiger partial charge in [-0.1, -0.05) is 6.07 Å². The second kappa shape index (κ2) is 4.23. The molecule has 0 spiro atoms. The van der Waals surface area contributed by atoms with Crippen molar-refractivity contribution in [1.82, 2.24) is 0 Å². The van der Waals surface area contributed by atoms with E-state index in [1.165, 1.54) is 6.07 Å². The molecule has 0 unspecified atom stereocenters. The van der Waals surface area contributed by atoms with E-state index in [9.17, 15) is 10.1 Å². The fourth-order valence-corrected chi connectivity index (χ4v) is 1.15. The van der Waals surface area contributed by atoms with Gasteiger partial charge in [0, 0.05) is 23.7 Å². The Bertz CT molecular complexity index is 396. The highest BCUT2D eigenvalue weighted by atomic mass is 16.6. The Morgan fingerprint density at radius 2 is 2.29 bits per heavy atom. The molecule has 0 saturated heterocycles. The van der Waals surface area contributed by atoms with Crippen LogP contribution in [0.4, 0.5) is 11.4 Å². The monoisotopic (exact) mass is 191 g/mol. The molecule has 0 amide bonds. The molecule has 0 heterocycles. The second-order valence-corrected chi connectivity index (χ2v) is 2.80. The lowest BCUT2D eigenvalue weighted by molar-refractivity contribution is -0.385. The smallest absolute Gasteiger partial charge is 0.274 e. The first-order valence-corrected chi connectivity index (χ1v) is 4.05. The minimum Gasteiger partial charge on any atom is -0.399 e. The van der Waals surface area contributed by atoms with Crippen LogP contribution >= 0.6 is 0 Å². The zero-order chi connectivity index (χ0) is 10.6. The standard InChI is InChI=1S/C9H9N3O2/c10-5-1-2-7-3-4-8(11)6-9(7)12(13)14/h3-4,6H,1-2,11H2. The number of nitro benzene ring substituents is 1. The normalized spacial score (nSPS) is 9.36. The van der Waals surface area contributed by atoms with Crippen molar-refractivity contribution in [3.05, 3.63) is 33.9 Å². The van der Waals surface area contributed by atoms with Gasteiger partial charge in [0.25, 0.3) is 5.69 Å². The molecule has 0 aliphatic heterocycles. The first-order chi connectivity index (χ1) is 6.65. The van der Waals surface area contributed by atoms with E-state index >= 15 is 0 Å². The molecule has 2 N–H and O–H groups in total. The zero-order valence-corrected chi connectivity index (χ0v) is 7.43. The van der Waals surface area contributed by atoms with Crippen LogP contribution in [0.1, 0.15) is 12.0 Å². The summed E-state index contributed by atoms with van der Waals surface area (Å²) in [5.74, 6) is 0. The lowest BCUT2D eigenvalue weighted by Crippen LogP contribution is -1.97. The summed E-state index contributed by atoms with van der Waals surface area (Å²) in [6, 6.07) is 6.44. The molecule has 1 aromatic rings. The lowest BCUT2D eigenvalue weighted by Gasteiger charge is -2.00. The molecule has 5 nitrogen and oxygen atoms in total. The molecule has 0 fully saturated rings. The molecule has 0 saturated carbocycles. The van der Waals surface area contributed by atoms with Gasteiger partial charge < -0.3 is 5.73 Å². The van der Waals surface area contributed by atoms with Crippen molar-refractivity contribution in [1.29, 1.82) is 5.26 Å².